The van der Waals surface area contributed by atoms with E-state index < -0.39 is 0 Å². The number of hydrogen-bond donors (Lipinski definition) is 2. The molecule has 0 saturated carbocycles. The van der Waals surface area contributed by atoms with Gasteiger partial charge < -0.3 is 15.2 Å². The van der Waals surface area contributed by atoms with Crippen molar-refractivity contribution in [3.8, 4) is 5.75 Å². The molecule has 1 aliphatic rings. The average molecular weight is 211 g/mol. The Hall–Kier alpha value is -1.13. The number of hydrogen-bond acceptors (Lipinski definition) is 3. The fraction of sp³-hybridized carbons (Fsp3) is 0.455. The number of phenolic OH excluding ortho intramolecular Hbond substituents is 1. The second-order valence-electron chi connectivity index (χ2n) is 3.74. The molecular weight excluding hydrogens is 197 g/mol. The number of morpholine rings is 1. The zero-order chi connectivity index (χ0) is 10.8. The third kappa shape index (κ3) is 2.11. The average Bonchev–Trinajstić information content (AvgIpc) is 2.24. The Morgan fingerprint density at radius 1 is 1.53 bits per heavy atom. The summed E-state index contributed by atoms with van der Waals surface area (Å²) in [4.78, 5) is 0. The van der Waals surface area contributed by atoms with Gasteiger partial charge in [-0.25, -0.2) is 4.39 Å². The SMILES string of the molecule is Cc1cc(F)cc([C@H]2COCCN2)c1O. The van der Waals surface area contributed by atoms with Gasteiger partial charge in [0, 0.05) is 12.1 Å². The molecule has 1 aromatic rings. The van der Waals surface area contributed by atoms with Crippen LogP contribution in [0.4, 0.5) is 4.39 Å². The maximum absolute atomic E-state index is 13.2. The van der Waals surface area contributed by atoms with Crippen molar-refractivity contribution < 1.29 is 14.2 Å². The Bertz CT molecular complexity index is 362. The third-order valence-electron chi connectivity index (χ3n) is 2.59. The summed E-state index contributed by atoms with van der Waals surface area (Å²) >= 11 is 0. The first-order valence-corrected chi connectivity index (χ1v) is 4.98. The number of aryl methyl sites for hydroxylation is 1. The fourth-order valence-corrected chi connectivity index (χ4v) is 1.79. The van der Waals surface area contributed by atoms with Gasteiger partial charge in [0.1, 0.15) is 11.6 Å². The van der Waals surface area contributed by atoms with Crippen molar-refractivity contribution >= 4 is 0 Å². The van der Waals surface area contributed by atoms with Crippen LogP contribution in [0, 0.1) is 12.7 Å². The van der Waals surface area contributed by atoms with Crippen LogP contribution in [0.5, 0.6) is 5.75 Å². The third-order valence-corrected chi connectivity index (χ3v) is 2.59. The molecule has 0 radical (unpaired) electrons. The van der Waals surface area contributed by atoms with Gasteiger partial charge in [-0.1, -0.05) is 0 Å². The highest BCUT2D eigenvalue weighted by Gasteiger charge is 2.20. The van der Waals surface area contributed by atoms with Gasteiger partial charge in [-0.05, 0) is 24.6 Å². The molecule has 0 unspecified atom stereocenters. The molecular formula is C11H14FNO2. The monoisotopic (exact) mass is 211 g/mol. The van der Waals surface area contributed by atoms with E-state index in [-0.39, 0.29) is 17.6 Å². The molecule has 1 atom stereocenters. The van der Waals surface area contributed by atoms with Gasteiger partial charge in [0.05, 0.1) is 19.3 Å². The molecule has 2 rings (SSSR count). The van der Waals surface area contributed by atoms with Gasteiger partial charge in [0.25, 0.3) is 0 Å². The minimum absolute atomic E-state index is 0.117. The van der Waals surface area contributed by atoms with Crippen molar-refractivity contribution in [2.45, 2.75) is 13.0 Å². The van der Waals surface area contributed by atoms with Gasteiger partial charge in [-0.2, -0.15) is 0 Å². The van der Waals surface area contributed by atoms with Gasteiger partial charge >= 0.3 is 0 Å². The Morgan fingerprint density at radius 2 is 2.33 bits per heavy atom. The summed E-state index contributed by atoms with van der Waals surface area (Å²) in [5.41, 5.74) is 1.13. The number of aromatic hydroxyl groups is 1. The van der Waals surface area contributed by atoms with Crippen LogP contribution < -0.4 is 5.32 Å². The largest absolute Gasteiger partial charge is 0.507 e. The number of ether oxygens (including phenoxy) is 1. The lowest BCUT2D eigenvalue weighted by molar-refractivity contribution is 0.0759. The zero-order valence-corrected chi connectivity index (χ0v) is 8.59. The van der Waals surface area contributed by atoms with E-state index in [0.29, 0.717) is 24.3 Å². The second-order valence-corrected chi connectivity index (χ2v) is 3.74. The highest BCUT2D eigenvalue weighted by Crippen LogP contribution is 2.29. The van der Waals surface area contributed by atoms with Crippen LogP contribution in [-0.2, 0) is 4.74 Å². The summed E-state index contributed by atoms with van der Waals surface area (Å²) in [5.74, 6) is -0.174. The first kappa shape index (κ1) is 10.4. The number of rotatable bonds is 1. The topological polar surface area (TPSA) is 41.5 Å². The predicted octanol–water partition coefficient (Wildman–Crippen LogP) is 1.50. The maximum atomic E-state index is 13.2. The van der Waals surface area contributed by atoms with E-state index >= 15 is 0 Å². The highest BCUT2D eigenvalue weighted by atomic mass is 19.1. The molecule has 1 saturated heterocycles. The molecule has 0 spiro atoms. The normalized spacial score (nSPS) is 21.6. The summed E-state index contributed by atoms with van der Waals surface area (Å²) in [7, 11) is 0. The van der Waals surface area contributed by atoms with Crippen molar-refractivity contribution in [1.82, 2.24) is 5.32 Å². The quantitative estimate of drug-likeness (QED) is 0.739. The molecule has 2 N–H and O–H groups in total. The number of phenols is 1. The summed E-state index contributed by atoms with van der Waals surface area (Å²) in [6, 6.07) is 2.56. The van der Waals surface area contributed by atoms with E-state index in [1.54, 1.807) is 6.92 Å². The van der Waals surface area contributed by atoms with E-state index in [0.717, 1.165) is 6.54 Å². The molecule has 0 aliphatic carbocycles. The van der Waals surface area contributed by atoms with Crippen LogP contribution in [0.1, 0.15) is 17.2 Å². The van der Waals surface area contributed by atoms with Crippen LogP contribution in [0.2, 0.25) is 0 Å². The summed E-state index contributed by atoms with van der Waals surface area (Å²) in [6.45, 7) is 3.53. The standard InChI is InChI=1S/C11H14FNO2/c1-7-4-8(12)5-9(11(7)14)10-6-15-3-2-13-10/h4-5,10,13-14H,2-3,6H2,1H3/t10-/m1/s1. The molecule has 4 heteroatoms. The van der Waals surface area contributed by atoms with Crippen LogP contribution in [0.15, 0.2) is 12.1 Å². The van der Waals surface area contributed by atoms with Gasteiger partial charge in [0.2, 0.25) is 0 Å². The van der Waals surface area contributed by atoms with E-state index in [4.69, 9.17) is 4.74 Å². The van der Waals surface area contributed by atoms with Crippen molar-refractivity contribution in [2.75, 3.05) is 19.8 Å². The van der Waals surface area contributed by atoms with Gasteiger partial charge in [-0.15, -0.1) is 0 Å². The molecule has 15 heavy (non-hydrogen) atoms. The van der Waals surface area contributed by atoms with Crippen molar-refractivity contribution in [3.05, 3.63) is 29.1 Å². The summed E-state index contributed by atoms with van der Waals surface area (Å²) in [5, 5.41) is 13.0. The van der Waals surface area contributed by atoms with Crippen LogP contribution >= 0.6 is 0 Å². The summed E-state index contributed by atoms with van der Waals surface area (Å²) < 4.78 is 18.5. The lowest BCUT2D eigenvalue weighted by Gasteiger charge is -2.25. The smallest absolute Gasteiger partial charge is 0.124 e. The molecule has 0 bridgehead atoms. The molecule has 1 aliphatic heterocycles. The summed E-state index contributed by atoms with van der Waals surface area (Å²) in [6.07, 6.45) is 0. The Labute approximate surface area is 87.9 Å². The Balaban J connectivity index is 2.33. The fourth-order valence-electron chi connectivity index (χ4n) is 1.79. The molecule has 0 aromatic heterocycles. The molecule has 3 nitrogen and oxygen atoms in total. The zero-order valence-electron chi connectivity index (χ0n) is 8.59. The molecule has 1 fully saturated rings. The lowest BCUT2D eigenvalue weighted by Crippen LogP contribution is -2.34. The van der Waals surface area contributed by atoms with Crippen LogP contribution in [-0.4, -0.2) is 24.9 Å². The number of halogens is 1. The minimum atomic E-state index is -0.326. The lowest BCUT2D eigenvalue weighted by atomic mass is 10.0. The minimum Gasteiger partial charge on any atom is -0.507 e. The van der Waals surface area contributed by atoms with E-state index in [9.17, 15) is 9.50 Å². The van der Waals surface area contributed by atoms with Gasteiger partial charge in [0.15, 0.2) is 0 Å². The Morgan fingerprint density at radius 3 is 3.00 bits per heavy atom. The van der Waals surface area contributed by atoms with E-state index in [1.807, 2.05) is 0 Å². The maximum Gasteiger partial charge on any atom is 0.124 e. The van der Waals surface area contributed by atoms with E-state index in [2.05, 4.69) is 5.32 Å². The van der Waals surface area contributed by atoms with Crippen LogP contribution in [0.3, 0.4) is 0 Å². The first-order valence-electron chi connectivity index (χ1n) is 4.98. The molecule has 1 aromatic carbocycles. The number of nitrogens with one attached hydrogen (secondary N) is 1. The molecule has 1 heterocycles. The highest BCUT2D eigenvalue weighted by molar-refractivity contribution is 5.42. The molecule has 82 valence electrons. The second kappa shape index (κ2) is 4.16. The first-order chi connectivity index (χ1) is 7.18. The predicted molar refractivity (Wildman–Crippen MR) is 54.4 cm³/mol. The number of benzene rings is 1. The Kier molecular flexibility index (Phi) is 2.88. The molecule has 0 amide bonds. The van der Waals surface area contributed by atoms with Crippen LogP contribution in [0.25, 0.3) is 0 Å². The van der Waals surface area contributed by atoms with Crippen molar-refractivity contribution in [2.24, 2.45) is 0 Å². The van der Waals surface area contributed by atoms with Crippen molar-refractivity contribution in [1.29, 1.82) is 0 Å². The van der Waals surface area contributed by atoms with E-state index in [1.165, 1.54) is 12.1 Å². The van der Waals surface area contributed by atoms with Gasteiger partial charge in [-0.3, -0.25) is 0 Å². The van der Waals surface area contributed by atoms with Crippen molar-refractivity contribution in [3.63, 3.8) is 0 Å².